The van der Waals surface area contributed by atoms with Gasteiger partial charge in [-0.3, -0.25) is 4.79 Å². The number of ether oxygens (including phenoxy) is 2. The number of para-hydroxylation sites is 1. The van der Waals surface area contributed by atoms with E-state index >= 15 is 0 Å². The van der Waals surface area contributed by atoms with Crippen LogP contribution in [0.2, 0.25) is 0 Å². The molecule has 1 aromatic carbocycles. The smallest absolute Gasteiger partial charge is 0.163 e. The predicted octanol–water partition coefficient (Wildman–Crippen LogP) is 4.23. The van der Waals surface area contributed by atoms with E-state index < -0.39 is 0 Å². The van der Waals surface area contributed by atoms with Crippen LogP contribution < -0.4 is 4.74 Å². The highest BCUT2D eigenvalue weighted by atomic mass is 16.5. The average molecular weight is 312 g/mol. The summed E-state index contributed by atoms with van der Waals surface area (Å²) in [6.45, 7) is 9.14. The van der Waals surface area contributed by atoms with Crippen molar-refractivity contribution in [2.45, 2.75) is 52.1 Å². The molecule has 0 amide bonds. The maximum absolute atomic E-state index is 12.9. The van der Waals surface area contributed by atoms with E-state index in [0.29, 0.717) is 13.0 Å². The molecular weight excluding hydrogens is 288 g/mol. The van der Waals surface area contributed by atoms with Crippen molar-refractivity contribution in [1.29, 1.82) is 0 Å². The zero-order valence-corrected chi connectivity index (χ0v) is 14.3. The lowest BCUT2D eigenvalue weighted by atomic mass is 9.64. The Hall–Kier alpha value is -1.77. The maximum atomic E-state index is 12.9. The van der Waals surface area contributed by atoms with Crippen molar-refractivity contribution in [1.82, 2.24) is 0 Å². The lowest BCUT2D eigenvalue weighted by Gasteiger charge is -2.50. The van der Waals surface area contributed by atoms with Crippen molar-refractivity contribution in [2.75, 3.05) is 6.61 Å². The molecule has 0 fully saturated rings. The van der Waals surface area contributed by atoms with Gasteiger partial charge in [-0.2, -0.15) is 0 Å². The Balaban J connectivity index is 1.91. The Labute approximate surface area is 137 Å². The van der Waals surface area contributed by atoms with E-state index in [9.17, 15) is 4.79 Å². The van der Waals surface area contributed by atoms with Gasteiger partial charge >= 0.3 is 0 Å². The second-order valence-electron chi connectivity index (χ2n) is 8.42. The summed E-state index contributed by atoms with van der Waals surface area (Å²) in [5.74, 6) is 2.34. The molecule has 3 aliphatic rings. The topological polar surface area (TPSA) is 35.5 Å². The average Bonchev–Trinajstić information content (AvgIpc) is 2.44. The molecule has 1 aliphatic carbocycles. The molecule has 122 valence electrons. The zero-order chi connectivity index (χ0) is 16.4. The Bertz CT molecular complexity index is 711. The lowest BCUT2D eigenvalue weighted by Crippen LogP contribution is -2.50. The molecule has 23 heavy (non-hydrogen) atoms. The summed E-state index contributed by atoms with van der Waals surface area (Å²) in [6, 6.07) is 8.13. The second-order valence-corrected chi connectivity index (χ2v) is 8.42. The summed E-state index contributed by atoms with van der Waals surface area (Å²) in [6.07, 6.45) is 1.44. The van der Waals surface area contributed by atoms with E-state index in [1.54, 1.807) is 0 Å². The van der Waals surface area contributed by atoms with Crippen LogP contribution in [0.15, 0.2) is 35.6 Å². The highest BCUT2D eigenvalue weighted by Crippen LogP contribution is 2.55. The van der Waals surface area contributed by atoms with Gasteiger partial charge in [0.2, 0.25) is 0 Å². The van der Waals surface area contributed by atoms with Gasteiger partial charge in [0.05, 0.1) is 6.61 Å². The van der Waals surface area contributed by atoms with Crippen molar-refractivity contribution < 1.29 is 14.3 Å². The van der Waals surface area contributed by atoms with Gasteiger partial charge in [0.25, 0.3) is 0 Å². The Morgan fingerprint density at radius 3 is 2.61 bits per heavy atom. The van der Waals surface area contributed by atoms with Gasteiger partial charge in [0.1, 0.15) is 17.1 Å². The van der Waals surface area contributed by atoms with Crippen LogP contribution >= 0.6 is 0 Å². The van der Waals surface area contributed by atoms with E-state index in [1.165, 1.54) is 0 Å². The highest BCUT2D eigenvalue weighted by Gasteiger charge is 2.52. The molecule has 0 bridgehead atoms. The van der Waals surface area contributed by atoms with E-state index in [1.807, 2.05) is 18.2 Å². The number of allylic oxidation sites excluding steroid dienone is 2. The first-order valence-corrected chi connectivity index (χ1v) is 8.45. The van der Waals surface area contributed by atoms with Gasteiger partial charge in [0, 0.05) is 35.8 Å². The van der Waals surface area contributed by atoms with Crippen molar-refractivity contribution in [3.8, 4) is 5.75 Å². The largest absolute Gasteiger partial charge is 0.493 e. The number of carbonyl (C=O) groups is 1. The standard InChI is InChI=1S/C20H24O3/c1-19(2)9-14(21)18-16(10-19)23-20(3,4)13-11-22-15-8-6-5-7-12(15)17(13)18/h5-8,13,17H,9-11H2,1-4H3/t13-,17-/m0/s1. The van der Waals surface area contributed by atoms with Crippen LogP contribution in [0.3, 0.4) is 0 Å². The van der Waals surface area contributed by atoms with E-state index in [-0.39, 0.29) is 28.6 Å². The van der Waals surface area contributed by atoms with Crippen LogP contribution in [0.25, 0.3) is 0 Å². The number of carbonyl (C=O) groups excluding carboxylic acids is 1. The summed E-state index contributed by atoms with van der Waals surface area (Å²) in [4.78, 5) is 12.9. The predicted molar refractivity (Wildman–Crippen MR) is 88.4 cm³/mol. The SMILES string of the molecule is CC1(C)CC(=O)C2=C(C1)OC(C)(C)[C@H]1COc3ccccc3[C@H]21. The number of Topliss-reactive ketones (excluding diaryl/α,β-unsaturated/α-hetero) is 1. The third-order valence-corrected chi connectivity index (χ3v) is 5.54. The molecule has 0 saturated heterocycles. The Morgan fingerprint density at radius 1 is 1.09 bits per heavy atom. The molecule has 0 aromatic heterocycles. The molecule has 0 radical (unpaired) electrons. The molecular formula is C20H24O3. The number of hydrogen-bond acceptors (Lipinski definition) is 3. The van der Waals surface area contributed by atoms with E-state index in [0.717, 1.165) is 29.1 Å². The second kappa shape index (κ2) is 4.62. The maximum Gasteiger partial charge on any atom is 0.163 e. The number of benzene rings is 1. The summed E-state index contributed by atoms with van der Waals surface area (Å²) in [7, 11) is 0. The molecule has 2 atom stereocenters. The Morgan fingerprint density at radius 2 is 1.83 bits per heavy atom. The summed E-state index contributed by atoms with van der Waals surface area (Å²) in [5.41, 5.74) is 1.69. The van der Waals surface area contributed by atoms with E-state index in [4.69, 9.17) is 9.47 Å². The molecule has 2 aliphatic heterocycles. The van der Waals surface area contributed by atoms with Gasteiger partial charge in [-0.15, -0.1) is 0 Å². The van der Waals surface area contributed by atoms with Gasteiger partial charge in [0.15, 0.2) is 5.78 Å². The minimum atomic E-state index is -0.329. The molecule has 3 nitrogen and oxygen atoms in total. The van der Waals surface area contributed by atoms with Crippen molar-refractivity contribution in [3.05, 3.63) is 41.2 Å². The van der Waals surface area contributed by atoms with Crippen LogP contribution in [-0.2, 0) is 9.53 Å². The monoisotopic (exact) mass is 312 g/mol. The molecule has 0 N–H and O–H groups in total. The molecule has 0 saturated carbocycles. The molecule has 0 spiro atoms. The van der Waals surface area contributed by atoms with Crippen LogP contribution in [0.4, 0.5) is 0 Å². The molecule has 4 rings (SSSR count). The minimum Gasteiger partial charge on any atom is -0.493 e. The third kappa shape index (κ3) is 2.20. The fourth-order valence-corrected chi connectivity index (χ4v) is 4.43. The molecule has 0 unspecified atom stereocenters. The quantitative estimate of drug-likeness (QED) is 0.719. The Kier molecular flexibility index (Phi) is 2.97. The number of rotatable bonds is 0. The van der Waals surface area contributed by atoms with Gasteiger partial charge in [-0.1, -0.05) is 32.0 Å². The summed E-state index contributed by atoms with van der Waals surface area (Å²) >= 11 is 0. The van der Waals surface area contributed by atoms with Crippen molar-refractivity contribution >= 4 is 5.78 Å². The first kappa shape index (κ1) is 14.8. The van der Waals surface area contributed by atoms with Gasteiger partial charge in [-0.25, -0.2) is 0 Å². The minimum absolute atomic E-state index is 0.0243. The number of ketones is 1. The molecule has 2 heterocycles. The third-order valence-electron chi connectivity index (χ3n) is 5.54. The van der Waals surface area contributed by atoms with Gasteiger partial charge < -0.3 is 9.47 Å². The van der Waals surface area contributed by atoms with Crippen LogP contribution in [0, 0.1) is 11.3 Å². The van der Waals surface area contributed by atoms with Crippen molar-refractivity contribution in [3.63, 3.8) is 0 Å². The molecule has 1 aromatic rings. The normalized spacial score (nSPS) is 30.5. The van der Waals surface area contributed by atoms with E-state index in [2.05, 4.69) is 33.8 Å². The van der Waals surface area contributed by atoms with Crippen LogP contribution in [-0.4, -0.2) is 18.0 Å². The lowest BCUT2D eigenvalue weighted by molar-refractivity contribution is -0.124. The number of fused-ring (bicyclic) bond motifs is 4. The van der Waals surface area contributed by atoms with Gasteiger partial charge in [-0.05, 0) is 25.3 Å². The van der Waals surface area contributed by atoms with Crippen LogP contribution in [0.5, 0.6) is 5.75 Å². The van der Waals surface area contributed by atoms with Crippen molar-refractivity contribution in [2.24, 2.45) is 11.3 Å². The zero-order valence-electron chi connectivity index (χ0n) is 14.3. The summed E-state index contributed by atoms with van der Waals surface area (Å²) in [5, 5.41) is 0. The molecule has 3 heteroatoms. The fourth-order valence-electron chi connectivity index (χ4n) is 4.43. The highest BCUT2D eigenvalue weighted by molar-refractivity contribution is 5.99. The first-order valence-electron chi connectivity index (χ1n) is 8.45. The van der Waals surface area contributed by atoms with Crippen LogP contribution in [0.1, 0.15) is 52.0 Å². The number of hydrogen-bond donors (Lipinski definition) is 0. The summed E-state index contributed by atoms with van der Waals surface area (Å²) < 4.78 is 12.3. The fraction of sp³-hybridized carbons (Fsp3) is 0.550. The first-order chi connectivity index (χ1) is 10.8.